The molecule has 0 aliphatic carbocycles. The number of nitrogens with one attached hydrogen (secondary N) is 2. The number of hydrogen-bond acceptors (Lipinski definition) is 5. The monoisotopic (exact) mass is 355 g/mol. The lowest BCUT2D eigenvalue weighted by atomic mass is 10.1. The molecule has 3 rings (SSSR count). The molecule has 25 heavy (non-hydrogen) atoms. The highest BCUT2D eigenvalue weighted by atomic mass is 35.5. The fraction of sp³-hybridized carbons (Fsp3) is 0.176. The summed E-state index contributed by atoms with van der Waals surface area (Å²) in [6, 6.07) is 7.98. The molecule has 0 fully saturated rings. The molecule has 0 aromatic carbocycles. The first kappa shape index (κ1) is 16.7. The van der Waals surface area contributed by atoms with Crippen molar-refractivity contribution in [2.75, 3.05) is 5.32 Å². The van der Waals surface area contributed by atoms with E-state index in [0.717, 1.165) is 0 Å². The molecule has 0 radical (unpaired) electrons. The van der Waals surface area contributed by atoms with Crippen molar-refractivity contribution < 1.29 is 0 Å². The minimum absolute atomic E-state index is 0.257. The molecule has 8 heteroatoms. The van der Waals surface area contributed by atoms with Crippen molar-refractivity contribution in [2.24, 2.45) is 7.05 Å². The molecule has 0 spiro atoms. The van der Waals surface area contributed by atoms with Crippen molar-refractivity contribution in [2.45, 2.75) is 13.0 Å². The van der Waals surface area contributed by atoms with Crippen LogP contribution in [0, 0.1) is 11.3 Å². The average Bonchev–Trinajstić information content (AvgIpc) is 2.59. The van der Waals surface area contributed by atoms with Crippen LogP contribution in [0.2, 0.25) is 5.02 Å². The number of nitriles is 1. The van der Waals surface area contributed by atoms with Gasteiger partial charge in [-0.05, 0) is 31.2 Å². The highest BCUT2D eigenvalue weighted by Crippen LogP contribution is 2.19. The number of fused-ring (bicyclic) bond motifs is 1. The maximum Gasteiger partial charge on any atom is 0.274 e. The first-order valence-electron chi connectivity index (χ1n) is 7.46. The van der Waals surface area contributed by atoms with Gasteiger partial charge in [-0.2, -0.15) is 5.26 Å². The van der Waals surface area contributed by atoms with Gasteiger partial charge in [0.2, 0.25) is 0 Å². The quantitative estimate of drug-likeness (QED) is 0.750. The molecule has 0 aliphatic rings. The predicted octanol–water partition coefficient (Wildman–Crippen LogP) is 2.32. The fourth-order valence-electron chi connectivity index (χ4n) is 2.57. The summed E-state index contributed by atoms with van der Waals surface area (Å²) in [5.74, 6) is 0. The maximum atomic E-state index is 12.3. The first-order chi connectivity index (χ1) is 11.9. The van der Waals surface area contributed by atoms with Gasteiger partial charge in [-0.25, -0.2) is 4.98 Å². The van der Waals surface area contributed by atoms with E-state index in [1.165, 1.54) is 23.9 Å². The highest BCUT2D eigenvalue weighted by Gasteiger charge is 2.14. The molecule has 0 saturated carbocycles. The molecule has 0 saturated heterocycles. The van der Waals surface area contributed by atoms with E-state index in [9.17, 15) is 9.59 Å². The van der Waals surface area contributed by atoms with Gasteiger partial charge in [0.25, 0.3) is 11.1 Å². The molecule has 3 aromatic rings. The number of hydrogen-bond donors (Lipinski definition) is 2. The Morgan fingerprint density at radius 2 is 2.12 bits per heavy atom. The number of anilines is 1. The second kappa shape index (κ2) is 6.42. The number of rotatable bonds is 3. The SMILES string of the molecule is C[C@H](Nc1ccc(C#N)n(C)c1=O)c1cc2cc(Cl)cnc2[nH]c1=O. The number of pyridine rings is 3. The van der Waals surface area contributed by atoms with E-state index in [2.05, 4.69) is 15.3 Å². The molecule has 3 aromatic heterocycles. The van der Waals surface area contributed by atoms with Gasteiger partial charge < -0.3 is 14.9 Å². The molecule has 7 nitrogen and oxygen atoms in total. The van der Waals surface area contributed by atoms with Crippen LogP contribution in [0.1, 0.15) is 24.2 Å². The lowest BCUT2D eigenvalue weighted by Gasteiger charge is -2.16. The van der Waals surface area contributed by atoms with Crippen molar-refractivity contribution in [3.05, 3.63) is 67.4 Å². The summed E-state index contributed by atoms with van der Waals surface area (Å²) in [6.45, 7) is 1.77. The van der Waals surface area contributed by atoms with Gasteiger partial charge in [-0.1, -0.05) is 11.6 Å². The Labute approximate surface area is 147 Å². The van der Waals surface area contributed by atoms with Gasteiger partial charge in [0, 0.05) is 24.2 Å². The van der Waals surface area contributed by atoms with E-state index in [1.54, 1.807) is 25.1 Å². The smallest absolute Gasteiger partial charge is 0.274 e. The second-order valence-corrected chi connectivity index (χ2v) is 6.06. The normalized spacial score (nSPS) is 11.9. The van der Waals surface area contributed by atoms with Gasteiger partial charge in [0.05, 0.1) is 11.1 Å². The number of H-pyrrole nitrogens is 1. The topological polar surface area (TPSA) is 104 Å². The van der Waals surface area contributed by atoms with Crippen LogP contribution < -0.4 is 16.4 Å². The van der Waals surface area contributed by atoms with Gasteiger partial charge in [0.1, 0.15) is 23.1 Å². The van der Waals surface area contributed by atoms with E-state index in [1.807, 2.05) is 6.07 Å². The Balaban J connectivity index is 2.01. The fourth-order valence-corrected chi connectivity index (χ4v) is 2.74. The molecule has 0 amide bonds. The number of halogens is 1. The van der Waals surface area contributed by atoms with Crippen LogP contribution in [0.3, 0.4) is 0 Å². The number of nitrogens with zero attached hydrogens (tertiary/aromatic N) is 3. The Morgan fingerprint density at radius 3 is 2.84 bits per heavy atom. The number of aromatic amines is 1. The minimum Gasteiger partial charge on any atom is -0.374 e. The van der Waals surface area contributed by atoms with E-state index in [0.29, 0.717) is 27.3 Å². The van der Waals surface area contributed by atoms with E-state index in [-0.39, 0.29) is 16.8 Å². The zero-order chi connectivity index (χ0) is 18.1. The molecule has 2 N–H and O–H groups in total. The molecular weight excluding hydrogens is 342 g/mol. The van der Waals surface area contributed by atoms with Crippen LogP contribution in [0.4, 0.5) is 5.69 Å². The van der Waals surface area contributed by atoms with Crippen LogP contribution in [0.5, 0.6) is 0 Å². The zero-order valence-corrected chi connectivity index (χ0v) is 14.3. The van der Waals surface area contributed by atoms with Gasteiger partial charge >= 0.3 is 0 Å². The third-order valence-electron chi connectivity index (χ3n) is 3.95. The standard InChI is InChI=1S/C17H14ClN5O2/c1-9(21-14-4-3-12(7-19)23(2)17(14)25)13-6-10-5-11(18)8-20-15(10)22-16(13)24/h3-6,8-9,21H,1-2H3,(H,20,22,24)/t9-/m0/s1. The molecule has 0 aliphatic heterocycles. The van der Waals surface area contributed by atoms with Crippen LogP contribution in [-0.2, 0) is 7.05 Å². The first-order valence-corrected chi connectivity index (χ1v) is 7.83. The van der Waals surface area contributed by atoms with Crippen molar-refractivity contribution in [3.8, 4) is 6.07 Å². The summed E-state index contributed by atoms with van der Waals surface area (Å²) in [6.07, 6.45) is 1.46. The molecule has 0 bridgehead atoms. The second-order valence-electron chi connectivity index (χ2n) is 5.62. The van der Waals surface area contributed by atoms with E-state index >= 15 is 0 Å². The largest absolute Gasteiger partial charge is 0.374 e. The van der Waals surface area contributed by atoms with Gasteiger partial charge in [-0.15, -0.1) is 0 Å². The zero-order valence-electron chi connectivity index (χ0n) is 13.5. The Hall–Kier alpha value is -3.11. The van der Waals surface area contributed by atoms with Crippen LogP contribution in [0.25, 0.3) is 11.0 Å². The maximum absolute atomic E-state index is 12.3. The van der Waals surface area contributed by atoms with E-state index in [4.69, 9.17) is 16.9 Å². The Kier molecular flexibility index (Phi) is 4.30. The molecule has 126 valence electrons. The van der Waals surface area contributed by atoms with Crippen LogP contribution in [0.15, 0.2) is 40.1 Å². The van der Waals surface area contributed by atoms with Gasteiger partial charge in [-0.3, -0.25) is 9.59 Å². The Morgan fingerprint density at radius 1 is 1.36 bits per heavy atom. The minimum atomic E-state index is -0.437. The van der Waals surface area contributed by atoms with Crippen LogP contribution >= 0.6 is 11.6 Å². The summed E-state index contributed by atoms with van der Waals surface area (Å²) < 4.78 is 1.25. The van der Waals surface area contributed by atoms with Crippen molar-refractivity contribution in [3.63, 3.8) is 0 Å². The molecular formula is C17H14ClN5O2. The summed E-state index contributed by atoms with van der Waals surface area (Å²) in [4.78, 5) is 31.4. The molecule has 1 atom stereocenters. The number of aromatic nitrogens is 3. The van der Waals surface area contributed by atoms with Crippen molar-refractivity contribution in [1.82, 2.24) is 14.5 Å². The summed E-state index contributed by atoms with van der Waals surface area (Å²) in [5, 5.41) is 13.1. The highest BCUT2D eigenvalue weighted by molar-refractivity contribution is 6.31. The third-order valence-corrected chi connectivity index (χ3v) is 4.15. The Bertz CT molecular complexity index is 1130. The van der Waals surface area contributed by atoms with Crippen molar-refractivity contribution >= 4 is 28.3 Å². The predicted molar refractivity (Wildman–Crippen MR) is 95.8 cm³/mol. The van der Waals surface area contributed by atoms with Crippen LogP contribution in [-0.4, -0.2) is 14.5 Å². The lowest BCUT2D eigenvalue weighted by Crippen LogP contribution is -2.26. The van der Waals surface area contributed by atoms with E-state index < -0.39 is 6.04 Å². The summed E-state index contributed by atoms with van der Waals surface area (Å²) in [5.41, 5.74) is 0.813. The molecule has 3 heterocycles. The lowest BCUT2D eigenvalue weighted by molar-refractivity contribution is 0.818. The van der Waals surface area contributed by atoms with Crippen molar-refractivity contribution in [1.29, 1.82) is 5.26 Å². The molecule has 0 unspecified atom stereocenters. The van der Waals surface area contributed by atoms with Gasteiger partial charge in [0.15, 0.2) is 0 Å². The summed E-state index contributed by atoms with van der Waals surface area (Å²) in [7, 11) is 1.52. The third kappa shape index (κ3) is 3.12. The summed E-state index contributed by atoms with van der Waals surface area (Å²) >= 11 is 5.95. The average molecular weight is 356 g/mol.